The molecule has 0 N–H and O–H groups in total. The molecule has 0 bridgehead atoms. The van der Waals surface area contributed by atoms with Crippen LogP contribution in [-0.2, 0) is 6.42 Å². The highest BCUT2D eigenvalue weighted by molar-refractivity contribution is 9.09. The Morgan fingerprint density at radius 2 is 2.08 bits per heavy atom. The van der Waals surface area contributed by atoms with Crippen molar-refractivity contribution in [2.75, 3.05) is 5.33 Å². The minimum absolute atomic E-state index is 0.0794. The summed E-state index contributed by atoms with van der Waals surface area (Å²) in [5.41, 5.74) is 0.829. The van der Waals surface area contributed by atoms with Gasteiger partial charge in [0.05, 0.1) is 0 Å². The minimum Gasteiger partial charge on any atom is -0.207 e. The predicted octanol–water partition coefficient (Wildman–Crippen LogP) is 3.79. The third kappa shape index (κ3) is 3.47. The Morgan fingerprint density at radius 3 is 2.69 bits per heavy atom. The molecule has 0 aliphatic carbocycles. The number of hydrogen-bond donors (Lipinski definition) is 0. The molecule has 2 heteroatoms. The van der Waals surface area contributed by atoms with Crippen molar-refractivity contribution < 1.29 is 4.39 Å². The van der Waals surface area contributed by atoms with E-state index in [2.05, 4.69) is 22.9 Å². The maximum atomic E-state index is 13.1. The van der Waals surface area contributed by atoms with Crippen LogP contribution in [0.1, 0.15) is 18.9 Å². The summed E-state index contributed by atoms with van der Waals surface area (Å²) in [5, 5.41) is 0.988. The van der Waals surface area contributed by atoms with Crippen LogP contribution in [0.15, 0.2) is 24.3 Å². The first-order valence-corrected chi connectivity index (χ1v) is 5.65. The maximum absolute atomic E-state index is 13.1. The fourth-order valence-corrected chi connectivity index (χ4v) is 1.50. The van der Waals surface area contributed by atoms with Gasteiger partial charge in [-0.1, -0.05) is 41.1 Å². The lowest BCUT2D eigenvalue weighted by molar-refractivity contribution is 0.565. The molecule has 0 radical (unpaired) electrons. The van der Waals surface area contributed by atoms with Gasteiger partial charge in [-0.15, -0.1) is 0 Å². The quantitative estimate of drug-likeness (QED) is 0.708. The van der Waals surface area contributed by atoms with Crippen LogP contribution in [0.5, 0.6) is 0 Å². The van der Waals surface area contributed by atoms with E-state index in [1.54, 1.807) is 6.07 Å². The van der Waals surface area contributed by atoms with E-state index in [1.165, 1.54) is 6.07 Å². The first kappa shape index (κ1) is 10.7. The van der Waals surface area contributed by atoms with Crippen LogP contribution < -0.4 is 0 Å². The van der Waals surface area contributed by atoms with Crippen LogP contribution in [0, 0.1) is 11.7 Å². The van der Waals surface area contributed by atoms with Gasteiger partial charge >= 0.3 is 0 Å². The van der Waals surface area contributed by atoms with Gasteiger partial charge < -0.3 is 0 Å². The third-order valence-corrected chi connectivity index (χ3v) is 3.23. The molecule has 0 spiro atoms. The highest BCUT2D eigenvalue weighted by Gasteiger charge is 2.03. The molecule has 13 heavy (non-hydrogen) atoms. The number of alkyl halides is 1. The van der Waals surface area contributed by atoms with Crippen LogP contribution in [0.25, 0.3) is 0 Å². The summed E-state index contributed by atoms with van der Waals surface area (Å²) in [4.78, 5) is 0. The molecule has 1 aromatic carbocycles. The number of aryl methyl sites for hydroxylation is 1. The summed E-state index contributed by atoms with van der Waals surface area (Å²) in [6, 6.07) is 6.99. The molecule has 0 saturated carbocycles. The molecule has 0 aliphatic heterocycles. The van der Waals surface area contributed by atoms with Crippen molar-refractivity contribution in [2.24, 2.45) is 5.92 Å². The first-order valence-electron chi connectivity index (χ1n) is 4.53. The highest BCUT2D eigenvalue weighted by atomic mass is 79.9. The molecule has 0 aliphatic rings. The number of halogens is 2. The van der Waals surface area contributed by atoms with Crippen molar-refractivity contribution in [3.05, 3.63) is 35.6 Å². The van der Waals surface area contributed by atoms with E-state index in [0.29, 0.717) is 5.92 Å². The monoisotopic (exact) mass is 244 g/mol. The summed E-state index contributed by atoms with van der Waals surface area (Å²) < 4.78 is 13.1. The Hall–Kier alpha value is -0.370. The van der Waals surface area contributed by atoms with Gasteiger partial charge in [-0.2, -0.15) is 0 Å². The van der Waals surface area contributed by atoms with Crippen molar-refractivity contribution in [2.45, 2.75) is 19.8 Å². The normalized spacial score (nSPS) is 12.8. The highest BCUT2D eigenvalue weighted by Crippen LogP contribution is 2.13. The van der Waals surface area contributed by atoms with Gasteiger partial charge in [0.25, 0.3) is 0 Å². The van der Waals surface area contributed by atoms with Gasteiger partial charge in [-0.05, 0) is 30.4 Å². The fourth-order valence-electron chi connectivity index (χ4n) is 1.18. The Balaban J connectivity index is 2.50. The standard InChI is InChI=1S/C11H14BrF/c1-9(8-12)6-7-10-4-2-3-5-11(10)13/h2-5,9H,6-8H2,1H3. The van der Waals surface area contributed by atoms with Gasteiger partial charge in [-0.25, -0.2) is 4.39 Å². The molecule has 1 aromatic rings. The molecule has 1 unspecified atom stereocenters. The number of hydrogen-bond acceptors (Lipinski definition) is 0. The molecule has 0 saturated heterocycles. The van der Waals surface area contributed by atoms with E-state index < -0.39 is 0 Å². The molecule has 1 rings (SSSR count). The van der Waals surface area contributed by atoms with Crippen molar-refractivity contribution in [3.63, 3.8) is 0 Å². The van der Waals surface area contributed by atoms with Crippen molar-refractivity contribution in [1.29, 1.82) is 0 Å². The molecular weight excluding hydrogens is 231 g/mol. The average Bonchev–Trinajstić information content (AvgIpc) is 2.16. The Kier molecular flexibility index (Phi) is 4.43. The topological polar surface area (TPSA) is 0 Å². The second-order valence-corrected chi connectivity index (χ2v) is 4.04. The molecule has 0 fully saturated rings. The molecule has 0 heterocycles. The molecule has 0 nitrogen and oxygen atoms in total. The van der Waals surface area contributed by atoms with Gasteiger partial charge in [0.2, 0.25) is 0 Å². The molecule has 0 aromatic heterocycles. The van der Waals surface area contributed by atoms with Crippen molar-refractivity contribution in [1.82, 2.24) is 0 Å². The lowest BCUT2D eigenvalue weighted by atomic mass is 10.0. The smallest absolute Gasteiger partial charge is 0.126 e. The van der Waals surface area contributed by atoms with E-state index in [4.69, 9.17) is 0 Å². The lowest BCUT2D eigenvalue weighted by Gasteiger charge is -2.07. The summed E-state index contributed by atoms with van der Waals surface area (Å²) in [7, 11) is 0. The van der Waals surface area contributed by atoms with Gasteiger partial charge in [0.15, 0.2) is 0 Å². The minimum atomic E-state index is -0.0794. The van der Waals surface area contributed by atoms with E-state index in [9.17, 15) is 4.39 Å². The van der Waals surface area contributed by atoms with E-state index >= 15 is 0 Å². The largest absolute Gasteiger partial charge is 0.207 e. The number of benzene rings is 1. The molecule has 72 valence electrons. The van der Waals surface area contributed by atoms with Gasteiger partial charge in [0, 0.05) is 5.33 Å². The van der Waals surface area contributed by atoms with E-state index in [-0.39, 0.29) is 5.82 Å². The van der Waals surface area contributed by atoms with Gasteiger partial charge in [0.1, 0.15) is 5.82 Å². The third-order valence-electron chi connectivity index (χ3n) is 2.13. The molecular formula is C11H14BrF. The van der Waals surface area contributed by atoms with Crippen LogP contribution in [0.4, 0.5) is 4.39 Å². The summed E-state index contributed by atoms with van der Waals surface area (Å²) in [6.45, 7) is 2.16. The van der Waals surface area contributed by atoms with Crippen LogP contribution in [0.3, 0.4) is 0 Å². The van der Waals surface area contributed by atoms with Crippen molar-refractivity contribution in [3.8, 4) is 0 Å². The SMILES string of the molecule is CC(CBr)CCc1ccccc1F. The average molecular weight is 245 g/mol. The fraction of sp³-hybridized carbons (Fsp3) is 0.455. The zero-order valence-corrected chi connectivity index (χ0v) is 9.35. The zero-order valence-electron chi connectivity index (χ0n) is 7.76. The maximum Gasteiger partial charge on any atom is 0.126 e. The second kappa shape index (κ2) is 5.38. The van der Waals surface area contributed by atoms with E-state index in [1.807, 2.05) is 12.1 Å². The molecule has 0 amide bonds. The van der Waals surface area contributed by atoms with E-state index in [0.717, 1.165) is 23.7 Å². The Morgan fingerprint density at radius 1 is 1.38 bits per heavy atom. The first-order chi connectivity index (χ1) is 6.24. The van der Waals surface area contributed by atoms with Crippen LogP contribution in [-0.4, -0.2) is 5.33 Å². The van der Waals surface area contributed by atoms with Crippen LogP contribution >= 0.6 is 15.9 Å². The summed E-state index contributed by atoms with van der Waals surface area (Å²) in [6.07, 6.45) is 1.87. The predicted molar refractivity (Wildman–Crippen MR) is 57.7 cm³/mol. The second-order valence-electron chi connectivity index (χ2n) is 3.39. The van der Waals surface area contributed by atoms with Crippen LogP contribution in [0.2, 0.25) is 0 Å². The number of rotatable bonds is 4. The Bertz CT molecular complexity index is 260. The summed E-state index contributed by atoms with van der Waals surface area (Å²) >= 11 is 3.41. The lowest BCUT2D eigenvalue weighted by Crippen LogP contribution is -1.99. The Labute approximate surface area is 87.3 Å². The molecule has 1 atom stereocenters. The van der Waals surface area contributed by atoms with Crippen molar-refractivity contribution >= 4 is 15.9 Å². The summed E-state index contributed by atoms with van der Waals surface area (Å²) in [5.74, 6) is 0.531. The zero-order chi connectivity index (χ0) is 9.68. The van der Waals surface area contributed by atoms with Gasteiger partial charge in [-0.3, -0.25) is 0 Å².